The van der Waals surface area contributed by atoms with Crippen molar-refractivity contribution < 1.29 is 14.5 Å². The molecule has 0 spiro atoms. The third kappa shape index (κ3) is 6.73. The zero-order chi connectivity index (χ0) is 31.1. The van der Waals surface area contributed by atoms with Gasteiger partial charge in [0.1, 0.15) is 11.6 Å². The molecule has 0 saturated carbocycles. The topological polar surface area (TPSA) is 108 Å². The summed E-state index contributed by atoms with van der Waals surface area (Å²) in [5.41, 5.74) is 2.59. The molecule has 222 valence electrons. The number of benzene rings is 4. The van der Waals surface area contributed by atoms with E-state index in [1.54, 1.807) is 58.0 Å². The summed E-state index contributed by atoms with van der Waals surface area (Å²) in [5.74, 6) is 0.819. The van der Waals surface area contributed by atoms with E-state index in [9.17, 15) is 19.7 Å². The number of rotatable bonds is 11. The van der Waals surface area contributed by atoms with Crippen LogP contribution in [0.1, 0.15) is 36.8 Å². The molecular weight excluding hydrogens is 556 g/mol. The van der Waals surface area contributed by atoms with Crippen LogP contribution in [-0.4, -0.2) is 38.4 Å². The Hall–Kier alpha value is -5.57. The highest BCUT2D eigenvalue weighted by atomic mass is 16.6. The predicted octanol–water partition coefficient (Wildman–Crippen LogP) is 6.54. The third-order valence-corrected chi connectivity index (χ3v) is 7.34. The fourth-order valence-electron chi connectivity index (χ4n) is 5.04. The van der Waals surface area contributed by atoms with Crippen LogP contribution in [0.2, 0.25) is 0 Å². The fraction of sp³-hybridized carbons (Fsp3) is 0.171. The SMILES string of the molecule is CCOc1ccc(-n2c(C(C)N(CCc3ccccc3)C(=O)/C=C/c3ccc([N+](=O)[O-])cc3)nc3ccccc3c2=O)cc1. The summed E-state index contributed by atoms with van der Waals surface area (Å²) in [6.07, 6.45) is 3.66. The molecule has 0 bridgehead atoms. The van der Waals surface area contributed by atoms with Gasteiger partial charge in [0.05, 0.1) is 34.2 Å². The molecule has 1 aromatic heterocycles. The van der Waals surface area contributed by atoms with E-state index in [4.69, 9.17) is 9.72 Å². The highest BCUT2D eigenvalue weighted by molar-refractivity contribution is 5.92. The summed E-state index contributed by atoms with van der Waals surface area (Å²) in [4.78, 5) is 45.0. The minimum Gasteiger partial charge on any atom is -0.494 e. The smallest absolute Gasteiger partial charge is 0.269 e. The molecule has 0 radical (unpaired) electrons. The van der Waals surface area contributed by atoms with Gasteiger partial charge < -0.3 is 9.64 Å². The van der Waals surface area contributed by atoms with Gasteiger partial charge >= 0.3 is 0 Å². The number of para-hydroxylation sites is 1. The number of fused-ring (bicyclic) bond motifs is 1. The first-order chi connectivity index (χ1) is 21.4. The van der Waals surface area contributed by atoms with E-state index in [0.29, 0.717) is 53.3 Å². The quantitative estimate of drug-likeness (QED) is 0.0985. The zero-order valence-electron chi connectivity index (χ0n) is 24.5. The van der Waals surface area contributed by atoms with Gasteiger partial charge in [-0.05, 0) is 86.0 Å². The van der Waals surface area contributed by atoms with Gasteiger partial charge in [-0.15, -0.1) is 0 Å². The van der Waals surface area contributed by atoms with Crippen LogP contribution in [0.4, 0.5) is 5.69 Å². The standard InChI is InChI=1S/C35H32N4O5/c1-3-44-30-20-18-28(19-21-30)38-34(36-32-12-8-7-11-31(32)35(38)41)25(2)37(24-23-26-9-5-4-6-10-26)33(40)22-15-27-13-16-29(17-14-27)39(42)43/h4-22,25H,3,23-24H2,1-2H3/b22-15+. The number of non-ortho nitro benzene ring substituents is 1. The molecule has 1 heterocycles. The van der Waals surface area contributed by atoms with Gasteiger partial charge in [0.15, 0.2) is 0 Å². The summed E-state index contributed by atoms with van der Waals surface area (Å²) >= 11 is 0. The van der Waals surface area contributed by atoms with E-state index in [1.807, 2.05) is 62.4 Å². The van der Waals surface area contributed by atoms with E-state index < -0.39 is 11.0 Å². The number of aromatic nitrogens is 2. The first-order valence-electron chi connectivity index (χ1n) is 14.4. The monoisotopic (exact) mass is 588 g/mol. The van der Waals surface area contributed by atoms with Crippen molar-refractivity contribution in [3.63, 3.8) is 0 Å². The molecule has 5 aromatic rings. The highest BCUT2D eigenvalue weighted by Gasteiger charge is 2.26. The van der Waals surface area contributed by atoms with Crippen molar-refractivity contribution in [1.82, 2.24) is 14.5 Å². The number of hydrogen-bond acceptors (Lipinski definition) is 6. The van der Waals surface area contributed by atoms with Gasteiger partial charge in [-0.25, -0.2) is 4.98 Å². The lowest BCUT2D eigenvalue weighted by Crippen LogP contribution is -2.38. The van der Waals surface area contributed by atoms with Crippen molar-refractivity contribution in [1.29, 1.82) is 0 Å². The Morgan fingerprint density at radius 1 is 0.977 bits per heavy atom. The summed E-state index contributed by atoms with van der Waals surface area (Å²) in [5, 5.41) is 11.5. The maximum atomic E-state index is 13.9. The Morgan fingerprint density at radius 2 is 1.66 bits per heavy atom. The molecule has 0 aliphatic heterocycles. The van der Waals surface area contributed by atoms with Crippen molar-refractivity contribution >= 4 is 28.6 Å². The molecule has 1 atom stereocenters. The molecule has 44 heavy (non-hydrogen) atoms. The molecular formula is C35H32N4O5. The minimum absolute atomic E-state index is 0.0266. The Morgan fingerprint density at radius 3 is 2.34 bits per heavy atom. The van der Waals surface area contributed by atoms with E-state index in [0.717, 1.165) is 5.56 Å². The lowest BCUT2D eigenvalue weighted by molar-refractivity contribution is -0.384. The number of nitro benzene ring substituents is 1. The number of carbonyl (C=O) groups is 1. The maximum absolute atomic E-state index is 13.9. The van der Waals surface area contributed by atoms with E-state index in [-0.39, 0.29) is 17.2 Å². The lowest BCUT2D eigenvalue weighted by atomic mass is 10.1. The molecule has 0 N–H and O–H groups in total. The van der Waals surface area contributed by atoms with Crippen LogP contribution in [0.3, 0.4) is 0 Å². The van der Waals surface area contributed by atoms with Gasteiger partial charge in [-0.3, -0.25) is 24.3 Å². The van der Waals surface area contributed by atoms with Crippen molar-refractivity contribution in [3.05, 3.63) is 147 Å². The largest absolute Gasteiger partial charge is 0.494 e. The second kappa shape index (κ2) is 13.6. The Kier molecular flexibility index (Phi) is 9.25. The van der Waals surface area contributed by atoms with E-state index >= 15 is 0 Å². The molecule has 0 saturated heterocycles. The van der Waals surface area contributed by atoms with Gasteiger partial charge in [0, 0.05) is 24.8 Å². The summed E-state index contributed by atoms with van der Waals surface area (Å²) in [6, 6.07) is 29.6. The van der Waals surface area contributed by atoms with Crippen LogP contribution in [-0.2, 0) is 11.2 Å². The van der Waals surface area contributed by atoms with Crippen LogP contribution in [0.5, 0.6) is 5.75 Å². The Balaban J connectivity index is 1.56. The van der Waals surface area contributed by atoms with Gasteiger partial charge in [-0.1, -0.05) is 42.5 Å². The molecule has 9 nitrogen and oxygen atoms in total. The minimum atomic E-state index is -0.600. The molecule has 4 aromatic carbocycles. The molecule has 0 fully saturated rings. The first-order valence-corrected chi connectivity index (χ1v) is 14.4. The number of nitro groups is 1. The highest BCUT2D eigenvalue weighted by Crippen LogP contribution is 2.25. The number of nitrogens with zero attached hydrogens (tertiary/aromatic N) is 4. The first kappa shape index (κ1) is 29.9. The number of ether oxygens (including phenoxy) is 1. The van der Waals surface area contributed by atoms with Gasteiger partial charge in [0.25, 0.3) is 11.2 Å². The normalized spacial score (nSPS) is 11.9. The summed E-state index contributed by atoms with van der Waals surface area (Å²) in [6.45, 7) is 4.65. The van der Waals surface area contributed by atoms with Crippen molar-refractivity contribution in [3.8, 4) is 11.4 Å². The zero-order valence-corrected chi connectivity index (χ0v) is 24.5. The average Bonchev–Trinajstić information content (AvgIpc) is 3.05. The summed E-state index contributed by atoms with van der Waals surface area (Å²) < 4.78 is 7.16. The summed E-state index contributed by atoms with van der Waals surface area (Å²) in [7, 11) is 0. The van der Waals surface area contributed by atoms with Crippen molar-refractivity contribution in [2.45, 2.75) is 26.3 Å². The fourth-order valence-corrected chi connectivity index (χ4v) is 5.04. The molecule has 5 rings (SSSR count). The molecule has 1 unspecified atom stereocenters. The van der Waals surface area contributed by atoms with Crippen LogP contribution in [0.25, 0.3) is 22.7 Å². The van der Waals surface area contributed by atoms with Crippen LogP contribution in [0, 0.1) is 10.1 Å². The molecule has 9 heteroatoms. The van der Waals surface area contributed by atoms with Crippen LogP contribution in [0.15, 0.2) is 114 Å². The third-order valence-electron chi connectivity index (χ3n) is 7.34. The van der Waals surface area contributed by atoms with Crippen molar-refractivity contribution in [2.24, 2.45) is 0 Å². The lowest BCUT2D eigenvalue weighted by Gasteiger charge is -2.30. The maximum Gasteiger partial charge on any atom is 0.269 e. The van der Waals surface area contributed by atoms with E-state index in [1.165, 1.54) is 18.2 Å². The second-order valence-corrected chi connectivity index (χ2v) is 10.2. The number of carbonyl (C=O) groups excluding carboxylic acids is 1. The van der Waals surface area contributed by atoms with Gasteiger partial charge in [0.2, 0.25) is 5.91 Å². The van der Waals surface area contributed by atoms with Crippen molar-refractivity contribution in [2.75, 3.05) is 13.2 Å². The Labute approximate surface area is 254 Å². The van der Waals surface area contributed by atoms with Crippen LogP contribution < -0.4 is 10.3 Å². The predicted molar refractivity (Wildman–Crippen MR) is 171 cm³/mol. The number of amides is 1. The second-order valence-electron chi connectivity index (χ2n) is 10.2. The number of hydrogen-bond donors (Lipinski definition) is 0. The Bertz CT molecular complexity index is 1850. The van der Waals surface area contributed by atoms with E-state index in [2.05, 4.69) is 0 Å². The molecule has 0 aliphatic carbocycles. The molecule has 1 amide bonds. The average molecular weight is 589 g/mol. The van der Waals surface area contributed by atoms with Crippen LogP contribution >= 0.6 is 0 Å². The molecule has 0 aliphatic rings. The van der Waals surface area contributed by atoms with Gasteiger partial charge in [-0.2, -0.15) is 0 Å².